The molecule has 19 heavy (non-hydrogen) atoms. The van der Waals surface area contributed by atoms with Gasteiger partial charge in [0.15, 0.2) is 11.6 Å². The molecule has 0 bridgehead atoms. The van der Waals surface area contributed by atoms with Gasteiger partial charge < -0.3 is 15.2 Å². The number of benzene rings is 1. The zero-order valence-electron chi connectivity index (χ0n) is 11.4. The number of methoxy groups -OCH3 is 1. The van der Waals surface area contributed by atoms with Crippen LogP contribution in [-0.4, -0.2) is 12.1 Å². The number of hydrogen-bond donors (Lipinski definition) is 1. The van der Waals surface area contributed by atoms with E-state index in [0.29, 0.717) is 18.2 Å². The van der Waals surface area contributed by atoms with E-state index < -0.39 is 0 Å². The first-order chi connectivity index (χ1) is 9.10. The largest absolute Gasteiger partial charge is 0.496 e. The molecular weight excluding hydrogens is 240 g/mol. The third-order valence-corrected chi connectivity index (χ3v) is 2.84. The van der Waals surface area contributed by atoms with E-state index in [1.165, 1.54) is 0 Å². The number of nitrogen functional groups attached to an aromatic ring is 1. The number of ether oxygens (including phenoxy) is 2. The third kappa shape index (κ3) is 3.16. The lowest BCUT2D eigenvalue weighted by Crippen LogP contribution is -2.03. The summed E-state index contributed by atoms with van der Waals surface area (Å²) < 4.78 is 11.0. The van der Waals surface area contributed by atoms with Crippen molar-refractivity contribution in [1.82, 2.24) is 4.98 Å². The van der Waals surface area contributed by atoms with Gasteiger partial charge >= 0.3 is 0 Å². The van der Waals surface area contributed by atoms with Crippen molar-refractivity contribution in [3.05, 3.63) is 47.2 Å². The Labute approximate surface area is 113 Å². The normalized spacial score (nSPS) is 10.3. The zero-order valence-corrected chi connectivity index (χ0v) is 11.4. The van der Waals surface area contributed by atoms with Crippen LogP contribution in [0.5, 0.6) is 11.5 Å². The molecule has 0 saturated carbocycles. The molecular formula is C15H18N2O2. The molecule has 2 aromatic rings. The summed E-state index contributed by atoms with van der Waals surface area (Å²) in [5.41, 5.74) is 8.84. The monoisotopic (exact) mass is 258 g/mol. The Balaban J connectivity index is 2.16. The van der Waals surface area contributed by atoms with Gasteiger partial charge in [-0.1, -0.05) is 11.6 Å². The lowest BCUT2D eigenvalue weighted by molar-refractivity contribution is 0.297. The molecule has 0 amide bonds. The molecule has 100 valence electrons. The number of nitrogens with zero attached hydrogens (tertiary/aromatic N) is 1. The fourth-order valence-corrected chi connectivity index (χ4v) is 1.86. The van der Waals surface area contributed by atoms with Gasteiger partial charge in [-0.05, 0) is 38.1 Å². The summed E-state index contributed by atoms with van der Waals surface area (Å²) in [6, 6.07) is 9.69. The number of aryl methyl sites for hydroxylation is 2. The van der Waals surface area contributed by atoms with Crippen LogP contribution in [0.15, 0.2) is 30.3 Å². The number of rotatable bonds is 4. The smallest absolute Gasteiger partial charge is 0.166 e. The summed E-state index contributed by atoms with van der Waals surface area (Å²) in [5, 5.41) is 0. The van der Waals surface area contributed by atoms with Crippen LogP contribution in [0, 0.1) is 13.8 Å². The average molecular weight is 258 g/mol. The summed E-state index contributed by atoms with van der Waals surface area (Å²) in [5.74, 6) is 1.81. The standard InChI is InChI=1S/C15H18N2O2/c1-10-4-6-13(18-3)12(8-10)9-19-14-7-5-11(2)17-15(14)16/h4-8H,9H2,1-3H3,(H2,16,17). The number of anilines is 1. The Kier molecular flexibility index (Phi) is 3.90. The molecule has 4 heteroatoms. The lowest BCUT2D eigenvalue weighted by Gasteiger charge is -2.12. The molecule has 1 aromatic heterocycles. The summed E-state index contributed by atoms with van der Waals surface area (Å²) in [6.45, 7) is 4.33. The second-order valence-corrected chi connectivity index (χ2v) is 4.44. The molecule has 4 nitrogen and oxygen atoms in total. The molecule has 0 unspecified atom stereocenters. The Morgan fingerprint density at radius 2 is 1.84 bits per heavy atom. The van der Waals surface area contributed by atoms with Crippen molar-refractivity contribution in [2.45, 2.75) is 20.5 Å². The molecule has 1 heterocycles. The van der Waals surface area contributed by atoms with E-state index >= 15 is 0 Å². The van der Waals surface area contributed by atoms with Crippen LogP contribution in [0.3, 0.4) is 0 Å². The molecule has 2 rings (SSSR count). The Morgan fingerprint density at radius 3 is 2.53 bits per heavy atom. The molecule has 0 spiro atoms. The number of nitrogens with two attached hydrogens (primary N) is 1. The van der Waals surface area contributed by atoms with Gasteiger partial charge in [0.25, 0.3) is 0 Å². The van der Waals surface area contributed by atoms with Crippen molar-refractivity contribution in [3.8, 4) is 11.5 Å². The number of aromatic nitrogens is 1. The molecule has 0 fully saturated rings. The molecule has 1 aromatic carbocycles. The van der Waals surface area contributed by atoms with Gasteiger partial charge in [0.1, 0.15) is 12.4 Å². The van der Waals surface area contributed by atoms with Crippen LogP contribution in [0.25, 0.3) is 0 Å². The second-order valence-electron chi connectivity index (χ2n) is 4.44. The fraction of sp³-hybridized carbons (Fsp3) is 0.267. The Bertz CT molecular complexity index is 582. The van der Waals surface area contributed by atoms with Crippen molar-refractivity contribution in [1.29, 1.82) is 0 Å². The van der Waals surface area contributed by atoms with Crippen LogP contribution in [0.1, 0.15) is 16.8 Å². The summed E-state index contributed by atoms with van der Waals surface area (Å²) in [4.78, 5) is 4.17. The van der Waals surface area contributed by atoms with Crippen molar-refractivity contribution in [3.63, 3.8) is 0 Å². The van der Waals surface area contributed by atoms with E-state index in [0.717, 1.165) is 22.6 Å². The van der Waals surface area contributed by atoms with E-state index in [-0.39, 0.29) is 0 Å². The minimum Gasteiger partial charge on any atom is -0.496 e. The number of pyridine rings is 1. The van der Waals surface area contributed by atoms with Gasteiger partial charge in [-0.15, -0.1) is 0 Å². The van der Waals surface area contributed by atoms with Gasteiger partial charge in [-0.3, -0.25) is 0 Å². The highest BCUT2D eigenvalue weighted by Gasteiger charge is 2.06. The average Bonchev–Trinajstić information content (AvgIpc) is 2.38. The fourth-order valence-electron chi connectivity index (χ4n) is 1.86. The van der Waals surface area contributed by atoms with E-state index in [1.807, 2.05) is 44.2 Å². The summed E-state index contributed by atoms with van der Waals surface area (Å²) in [6.07, 6.45) is 0. The van der Waals surface area contributed by atoms with Gasteiger partial charge in [0.05, 0.1) is 7.11 Å². The van der Waals surface area contributed by atoms with Crippen LogP contribution in [0.2, 0.25) is 0 Å². The maximum Gasteiger partial charge on any atom is 0.166 e. The third-order valence-electron chi connectivity index (χ3n) is 2.84. The Hall–Kier alpha value is -2.23. The highest BCUT2D eigenvalue weighted by atomic mass is 16.5. The predicted molar refractivity (Wildman–Crippen MR) is 75.4 cm³/mol. The zero-order chi connectivity index (χ0) is 13.8. The van der Waals surface area contributed by atoms with Gasteiger partial charge in [0, 0.05) is 11.3 Å². The maximum atomic E-state index is 5.82. The molecule has 0 aliphatic carbocycles. The molecule has 0 aliphatic heterocycles. The molecule has 0 radical (unpaired) electrons. The van der Waals surface area contributed by atoms with Crippen molar-refractivity contribution in [2.24, 2.45) is 0 Å². The van der Waals surface area contributed by atoms with Gasteiger partial charge in [-0.2, -0.15) is 0 Å². The Morgan fingerprint density at radius 1 is 1.11 bits per heavy atom. The van der Waals surface area contributed by atoms with Crippen LogP contribution < -0.4 is 15.2 Å². The molecule has 0 aliphatic rings. The first kappa shape index (κ1) is 13.2. The van der Waals surface area contributed by atoms with Crippen molar-refractivity contribution in [2.75, 3.05) is 12.8 Å². The second kappa shape index (κ2) is 5.61. The summed E-state index contributed by atoms with van der Waals surface area (Å²) in [7, 11) is 1.65. The quantitative estimate of drug-likeness (QED) is 0.916. The van der Waals surface area contributed by atoms with Gasteiger partial charge in [0.2, 0.25) is 0 Å². The van der Waals surface area contributed by atoms with Gasteiger partial charge in [-0.25, -0.2) is 4.98 Å². The predicted octanol–water partition coefficient (Wildman–Crippen LogP) is 2.87. The first-order valence-corrected chi connectivity index (χ1v) is 6.09. The van der Waals surface area contributed by atoms with Crippen LogP contribution in [0.4, 0.5) is 5.82 Å². The number of hydrogen-bond acceptors (Lipinski definition) is 4. The first-order valence-electron chi connectivity index (χ1n) is 6.09. The topological polar surface area (TPSA) is 57.4 Å². The van der Waals surface area contributed by atoms with E-state index in [9.17, 15) is 0 Å². The van der Waals surface area contributed by atoms with E-state index in [2.05, 4.69) is 4.98 Å². The minimum atomic E-state index is 0.403. The maximum absolute atomic E-state index is 5.82. The van der Waals surface area contributed by atoms with Crippen molar-refractivity contribution >= 4 is 5.82 Å². The van der Waals surface area contributed by atoms with Crippen LogP contribution >= 0.6 is 0 Å². The molecule has 0 atom stereocenters. The SMILES string of the molecule is COc1ccc(C)cc1COc1ccc(C)nc1N. The van der Waals surface area contributed by atoms with Crippen molar-refractivity contribution < 1.29 is 9.47 Å². The molecule has 2 N–H and O–H groups in total. The minimum absolute atomic E-state index is 0.403. The van der Waals surface area contributed by atoms with Crippen LogP contribution in [-0.2, 0) is 6.61 Å². The summed E-state index contributed by atoms with van der Waals surface area (Å²) >= 11 is 0. The highest BCUT2D eigenvalue weighted by Crippen LogP contribution is 2.24. The molecule has 0 saturated heterocycles. The van der Waals surface area contributed by atoms with E-state index in [4.69, 9.17) is 15.2 Å². The van der Waals surface area contributed by atoms with E-state index in [1.54, 1.807) is 7.11 Å². The highest BCUT2D eigenvalue weighted by molar-refractivity contribution is 5.46. The lowest BCUT2D eigenvalue weighted by atomic mass is 10.1.